The number of fused-ring (bicyclic) bond motifs is 1. The van der Waals surface area contributed by atoms with Crippen LogP contribution >= 0.6 is 23.2 Å². The molecule has 3 aromatic carbocycles. The first kappa shape index (κ1) is 30.5. The summed E-state index contributed by atoms with van der Waals surface area (Å²) in [6.07, 6.45) is 2.64. The van der Waals surface area contributed by atoms with E-state index in [2.05, 4.69) is 22.9 Å². The number of imidazole rings is 1. The molecule has 1 amide bonds. The van der Waals surface area contributed by atoms with E-state index in [1.54, 1.807) is 14.2 Å². The number of nitrogens with zero attached hydrogens (tertiary/aromatic N) is 2. The van der Waals surface area contributed by atoms with Crippen LogP contribution in [0.1, 0.15) is 43.1 Å². The predicted molar refractivity (Wildman–Crippen MR) is 165 cm³/mol. The Balaban J connectivity index is 1.39. The average molecular weight is 599 g/mol. The molecule has 4 aromatic rings. The first-order chi connectivity index (χ1) is 19.9. The molecule has 0 aliphatic heterocycles. The van der Waals surface area contributed by atoms with Crippen molar-refractivity contribution in [3.05, 3.63) is 82.6 Å². The minimum absolute atomic E-state index is 0.0151. The Labute approximate surface area is 251 Å². The number of methoxy groups -OCH3 is 2. The largest absolute Gasteiger partial charge is 0.493 e. The van der Waals surface area contributed by atoms with Crippen molar-refractivity contribution in [3.8, 4) is 17.2 Å². The molecule has 0 aliphatic rings. The summed E-state index contributed by atoms with van der Waals surface area (Å²) < 4.78 is 18.9. The number of carbonyl (C=O) groups excluding carboxylic acids is 1. The molecule has 0 aliphatic carbocycles. The highest BCUT2D eigenvalue weighted by Crippen LogP contribution is 2.38. The Bertz CT molecular complexity index is 1460. The van der Waals surface area contributed by atoms with Crippen LogP contribution in [0.25, 0.3) is 11.0 Å². The lowest BCUT2D eigenvalue weighted by Crippen LogP contribution is -2.25. The number of carbonyl (C=O) groups is 1. The monoisotopic (exact) mass is 597 g/mol. The van der Waals surface area contributed by atoms with Gasteiger partial charge in [0.1, 0.15) is 11.6 Å². The number of hydrogen-bond acceptors (Lipinski definition) is 5. The number of amides is 1. The second-order valence-corrected chi connectivity index (χ2v) is 10.8. The quantitative estimate of drug-likeness (QED) is 0.117. The minimum atomic E-state index is -0.0151. The molecule has 218 valence electrons. The third-order valence-corrected chi connectivity index (χ3v) is 7.69. The van der Waals surface area contributed by atoms with Crippen LogP contribution < -0.4 is 19.5 Å². The fraction of sp³-hybridized carbons (Fsp3) is 0.375. The van der Waals surface area contributed by atoms with Crippen LogP contribution in [0.3, 0.4) is 0 Å². The van der Waals surface area contributed by atoms with Crippen molar-refractivity contribution in [2.75, 3.05) is 26.7 Å². The number of halogens is 2. The molecular formula is C32H37Cl2N3O4. The number of ether oxygens (including phenoxy) is 3. The molecule has 0 spiro atoms. The molecule has 4 rings (SSSR count). The van der Waals surface area contributed by atoms with Crippen LogP contribution in [0, 0.1) is 5.92 Å². The Morgan fingerprint density at radius 2 is 1.78 bits per heavy atom. The van der Waals surface area contributed by atoms with E-state index >= 15 is 0 Å². The topological polar surface area (TPSA) is 74.6 Å². The predicted octanol–water partition coefficient (Wildman–Crippen LogP) is 7.04. The van der Waals surface area contributed by atoms with Gasteiger partial charge in [-0.05, 0) is 55.0 Å². The average Bonchev–Trinajstić information content (AvgIpc) is 3.34. The van der Waals surface area contributed by atoms with E-state index < -0.39 is 0 Å². The van der Waals surface area contributed by atoms with Crippen molar-refractivity contribution in [2.24, 2.45) is 5.92 Å². The SMILES string of the molecule is COc1ccc(CC(C)CCC(=O)NCc2nc3ccccc3n2Cc2ccccc2OCCCCl)c(Cl)c1OC. The van der Waals surface area contributed by atoms with Crippen molar-refractivity contribution in [1.29, 1.82) is 0 Å². The number of para-hydroxylation sites is 3. The summed E-state index contributed by atoms with van der Waals surface area (Å²) in [5, 5.41) is 3.62. The maximum absolute atomic E-state index is 12.9. The Morgan fingerprint density at radius 3 is 2.56 bits per heavy atom. The van der Waals surface area contributed by atoms with Gasteiger partial charge in [-0.1, -0.05) is 54.9 Å². The van der Waals surface area contributed by atoms with Crippen molar-refractivity contribution >= 4 is 40.1 Å². The van der Waals surface area contributed by atoms with Crippen LogP contribution in [0.4, 0.5) is 0 Å². The first-order valence-corrected chi connectivity index (χ1v) is 14.7. The van der Waals surface area contributed by atoms with Crippen LogP contribution in [0.15, 0.2) is 60.7 Å². The van der Waals surface area contributed by atoms with Gasteiger partial charge in [0, 0.05) is 17.9 Å². The summed E-state index contributed by atoms with van der Waals surface area (Å²) in [7, 11) is 3.16. The molecule has 1 unspecified atom stereocenters. The molecule has 0 bridgehead atoms. The smallest absolute Gasteiger partial charge is 0.220 e. The normalized spacial score (nSPS) is 11.8. The van der Waals surface area contributed by atoms with Gasteiger partial charge in [0.25, 0.3) is 0 Å². The number of rotatable bonds is 15. The van der Waals surface area contributed by atoms with Gasteiger partial charge in [0.2, 0.25) is 5.91 Å². The first-order valence-electron chi connectivity index (χ1n) is 13.8. The number of nitrogens with one attached hydrogen (secondary N) is 1. The van der Waals surface area contributed by atoms with Gasteiger partial charge < -0.3 is 24.1 Å². The minimum Gasteiger partial charge on any atom is -0.493 e. The summed E-state index contributed by atoms with van der Waals surface area (Å²) in [6, 6.07) is 19.8. The van der Waals surface area contributed by atoms with E-state index in [9.17, 15) is 4.79 Å². The van der Waals surface area contributed by atoms with E-state index in [4.69, 9.17) is 42.4 Å². The van der Waals surface area contributed by atoms with E-state index in [0.29, 0.717) is 48.5 Å². The number of alkyl halides is 1. The summed E-state index contributed by atoms with van der Waals surface area (Å²) in [4.78, 5) is 17.7. The van der Waals surface area contributed by atoms with Crippen molar-refractivity contribution in [2.45, 2.75) is 45.7 Å². The molecule has 0 saturated heterocycles. The van der Waals surface area contributed by atoms with Gasteiger partial charge in [0.05, 0.1) is 50.0 Å². The van der Waals surface area contributed by atoms with Crippen LogP contribution in [-0.2, 0) is 24.3 Å². The zero-order valence-corrected chi connectivity index (χ0v) is 25.3. The van der Waals surface area contributed by atoms with Gasteiger partial charge in [-0.3, -0.25) is 4.79 Å². The molecule has 41 heavy (non-hydrogen) atoms. The molecule has 1 aromatic heterocycles. The van der Waals surface area contributed by atoms with Gasteiger partial charge in [-0.15, -0.1) is 11.6 Å². The molecule has 1 heterocycles. The van der Waals surface area contributed by atoms with Crippen LogP contribution in [0.2, 0.25) is 5.02 Å². The van der Waals surface area contributed by atoms with Gasteiger partial charge in [-0.25, -0.2) is 4.98 Å². The van der Waals surface area contributed by atoms with Crippen LogP contribution in [-0.4, -0.2) is 42.2 Å². The second kappa shape index (κ2) is 15.0. The lowest BCUT2D eigenvalue weighted by molar-refractivity contribution is -0.121. The maximum atomic E-state index is 12.9. The molecule has 9 heteroatoms. The lowest BCUT2D eigenvalue weighted by atomic mass is 9.96. The van der Waals surface area contributed by atoms with Gasteiger partial charge in [-0.2, -0.15) is 0 Å². The summed E-state index contributed by atoms with van der Waals surface area (Å²) >= 11 is 12.4. The highest BCUT2D eigenvalue weighted by Gasteiger charge is 2.17. The molecule has 7 nitrogen and oxygen atoms in total. The standard InChI is InChI=1S/C32H37Cl2N3O4/c1-22(19-23-14-15-28(39-2)32(40-3)31(23)34)13-16-30(38)35-20-29-36-25-10-5-6-11-26(25)37(29)21-24-9-4-7-12-27(24)41-18-8-17-33/h4-7,9-12,14-15,22H,8,13,16-21H2,1-3H3,(H,35,38). The number of aromatic nitrogens is 2. The molecule has 0 saturated carbocycles. The molecule has 1 N–H and O–H groups in total. The Hall–Kier alpha value is -3.42. The highest BCUT2D eigenvalue weighted by molar-refractivity contribution is 6.33. The highest BCUT2D eigenvalue weighted by atomic mass is 35.5. The van der Waals surface area contributed by atoms with Crippen LogP contribution in [0.5, 0.6) is 17.2 Å². The Kier molecular flexibility index (Phi) is 11.2. The zero-order valence-electron chi connectivity index (χ0n) is 23.8. The van der Waals surface area contributed by atoms with E-state index in [0.717, 1.165) is 53.0 Å². The van der Waals surface area contributed by atoms with Crippen molar-refractivity contribution in [1.82, 2.24) is 14.9 Å². The van der Waals surface area contributed by atoms with E-state index in [-0.39, 0.29) is 11.8 Å². The molecule has 1 atom stereocenters. The lowest BCUT2D eigenvalue weighted by Gasteiger charge is -2.16. The second-order valence-electron chi connectivity index (χ2n) is 10.0. The third-order valence-electron chi connectivity index (χ3n) is 7.01. The fourth-order valence-corrected chi connectivity index (χ4v) is 5.25. The fourth-order valence-electron chi connectivity index (χ4n) is 4.83. The molecular weight excluding hydrogens is 561 g/mol. The maximum Gasteiger partial charge on any atom is 0.220 e. The Morgan fingerprint density at radius 1 is 1.00 bits per heavy atom. The summed E-state index contributed by atoms with van der Waals surface area (Å²) in [5.74, 6) is 3.54. The molecule has 0 radical (unpaired) electrons. The number of hydrogen-bond donors (Lipinski definition) is 1. The third kappa shape index (κ3) is 7.86. The van der Waals surface area contributed by atoms with E-state index in [1.807, 2.05) is 54.6 Å². The van der Waals surface area contributed by atoms with Gasteiger partial charge in [0.15, 0.2) is 11.5 Å². The zero-order chi connectivity index (χ0) is 29.2. The summed E-state index contributed by atoms with van der Waals surface area (Å²) in [5.41, 5.74) is 3.91. The van der Waals surface area contributed by atoms with E-state index in [1.165, 1.54) is 0 Å². The van der Waals surface area contributed by atoms with Crippen molar-refractivity contribution in [3.63, 3.8) is 0 Å². The van der Waals surface area contributed by atoms with Gasteiger partial charge >= 0.3 is 0 Å². The van der Waals surface area contributed by atoms with Crippen molar-refractivity contribution < 1.29 is 19.0 Å². The molecule has 0 fully saturated rings. The number of benzene rings is 3. The summed E-state index contributed by atoms with van der Waals surface area (Å²) in [6.45, 7) is 3.59.